The van der Waals surface area contributed by atoms with Crippen LogP contribution >= 0.6 is 7.26 Å². The molecule has 0 atom stereocenters. The molecule has 0 aliphatic heterocycles. The monoisotopic (exact) mass is 343 g/mol. The average molecular weight is 343 g/mol. The van der Waals surface area contributed by atoms with E-state index in [0.717, 1.165) is 24.1 Å². The van der Waals surface area contributed by atoms with Gasteiger partial charge in [0, 0.05) is 27.3 Å². The molecule has 0 fully saturated rings. The minimum Gasteiger partial charge on any atom is -0.497 e. The third kappa shape index (κ3) is 5.69. The summed E-state index contributed by atoms with van der Waals surface area (Å²) in [5, 5.41) is 0. The number of hydrogen-bond acceptors (Lipinski definition) is 2. The molecule has 0 spiro atoms. The van der Waals surface area contributed by atoms with E-state index in [2.05, 4.69) is 50.3 Å². The topological polar surface area (TPSA) is 18.5 Å². The van der Waals surface area contributed by atoms with Crippen molar-refractivity contribution in [1.29, 1.82) is 0 Å². The Bertz CT molecular complexity index is 664. The number of ether oxygens (including phenoxy) is 2. The highest BCUT2D eigenvalue weighted by Crippen LogP contribution is 2.49. The van der Waals surface area contributed by atoms with Gasteiger partial charge < -0.3 is 9.47 Å². The van der Waals surface area contributed by atoms with Gasteiger partial charge in [-0.2, -0.15) is 0 Å². The normalized spacial score (nSPS) is 12.1. The van der Waals surface area contributed by atoms with Gasteiger partial charge in [-0.15, -0.1) is 0 Å². The van der Waals surface area contributed by atoms with E-state index in [-0.39, 0.29) is 0 Å². The van der Waals surface area contributed by atoms with Gasteiger partial charge in [-0.25, -0.2) is 0 Å². The lowest BCUT2D eigenvalue weighted by Gasteiger charge is -2.16. The zero-order valence-electron chi connectivity index (χ0n) is 15.4. The number of rotatable bonds is 7. The maximum absolute atomic E-state index is 5.28. The number of benzene rings is 2. The van der Waals surface area contributed by atoms with Gasteiger partial charge in [-0.05, 0) is 47.4 Å². The summed E-state index contributed by atoms with van der Waals surface area (Å²) in [6.07, 6.45) is 4.45. The Labute approximate surface area is 146 Å². The molecular weight excluding hydrogens is 315 g/mol. The fourth-order valence-corrected chi connectivity index (χ4v) is 3.93. The Morgan fingerprint density at radius 1 is 0.833 bits per heavy atom. The van der Waals surface area contributed by atoms with Gasteiger partial charge >= 0.3 is 0 Å². The van der Waals surface area contributed by atoms with Crippen LogP contribution in [-0.2, 0) is 6.42 Å². The van der Waals surface area contributed by atoms with Crippen molar-refractivity contribution in [3.8, 4) is 11.5 Å². The second-order valence-corrected chi connectivity index (χ2v) is 11.9. The lowest BCUT2D eigenvalue weighted by molar-refractivity contribution is 0.414. The maximum Gasteiger partial charge on any atom is 0.118 e. The molecule has 2 aromatic carbocycles. The van der Waals surface area contributed by atoms with Gasteiger partial charge in [0.1, 0.15) is 11.5 Å². The summed E-state index contributed by atoms with van der Waals surface area (Å²) in [6, 6.07) is 16.7. The van der Waals surface area contributed by atoms with Crippen molar-refractivity contribution in [3.63, 3.8) is 0 Å². The van der Waals surface area contributed by atoms with Crippen molar-refractivity contribution in [2.75, 3.05) is 40.4 Å². The van der Waals surface area contributed by atoms with Crippen LogP contribution in [0, 0.1) is 0 Å². The third-order valence-corrected chi connectivity index (χ3v) is 5.14. The molecule has 2 nitrogen and oxygen atoms in total. The van der Waals surface area contributed by atoms with Crippen molar-refractivity contribution < 1.29 is 9.47 Å². The van der Waals surface area contributed by atoms with Gasteiger partial charge in [0.25, 0.3) is 0 Å². The highest BCUT2D eigenvalue weighted by atomic mass is 31.2. The Kier molecular flexibility index (Phi) is 6.45. The highest BCUT2D eigenvalue weighted by Gasteiger charge is 2.20. The first-order valence-electron chi connectivity index (χ1n) is 8.18. The third-order valence-electron chi connectivity index (χ3n) is 3.85. The molecule has 0 radical (unpaired) electrons. The Morgan fingerprint density at radius 2 is 1.33 bits per heavy atom. The molecule has 0 aliphatic rings. The Morgan fingerprint density at radius 3 is 1.79 bits per heavy atom. The SMILES string of the molecule is COc1ccc(C/C=C(\C[P+](C)(C)C)c2ccc(OC)cc2)cc1. The van der Waals surface area contributed by atoms with Gasteiger partial charge in [0.05, 0.1) is 20.4 Å². The van der Waals surface area contributed by atoms with Crippen molar-refractivity contribution >= 4 is 12.8 Å². The smallest absolute Gasteiger partial charge is 0.118 e. The van der Waals surface area contributed by atoms with E-state index < -0.39 is 7.26 Å². The predicted octanol–water partition coefficient (Wildman–Crippen LogP) is 5.24. The Balaban J connectivity index is 2.23. The first-order valence-corrected chi connectivity index (χ1v) is 11.5. The van der Waals surface area contributed by atoms with E-state index in [4.69, 9.17) is 9.47 Å². The average Bonchev–Trinajstić information content (AvgIpc) is 2.58. The molecule has 24 heavy (non-hydrogen) atoms. The summed E-state index contributed by atoms with van der Waals surface area (Å²) < 4.78 is 10.5. The second kappa shape index (κ2) is 8.35. The molecule has 0 unspecified atom stereocenters. The largest absolute Gasteiger partial charge is 0.497 e. The molecule has 0 amide bonds. The molecular formula is C21H28O2P+. The molecule has 0 saturated carbocycles. The van der Waals surface area contributed by atoms with E-state index in [9.17, 15) is 0 Å². The van der Waals surface area contributed by atoms with Crippen LogP contribution in [0.4, 0.5) is 0 Å². The van der Waals surface area contributed by atoms with Crippen molar-refractivity contribution in [3.05, 3.63) is 65.7 Å². The number of allylic oxidation sites excluding steroid dienone is 2. The summed E-state index contributed by atoms with van der Waals surface area (Å²) in [6.45, 7) is 7.16. The van der Waals surface area contributed by atoms with Gasteiger partial charge in [-0.3, -0.25) is 0 Å². The molecule has 0 saturated heterocycles. The summed E-state index contributed by atoms with van der Waals surface area (Å²) >= 11 is 0. The van der Waals surface area contributed by atoms with Crippen LogP contribution < -0.4 is 9.47 Å². The van der Waals surface area contributed by atoms with Crippen molar-refractivity contribution in [2.24, 2.45) is 0 Å². The lowest BCUT2D eigenvalue weighted by atomic mass is 10.0. The van der Waals surface area contributed by atoms with Crippen LogP contribution in [0.15, 0.2) is 54.6 Å². The number of methoxy groups -OCH3 is 2. The first kappa shape index (κ1) is 18.5. The van der Waals surface area contributed by atoms with Crippen LogP contribution in [0.25, 0.3) is 5.57 Å². The minimum absolute atomic E-state index is 0.902. The van der Waals surface area contributed by atoms with Crippen LogP contribution in [-0.4, -0.2) is 40.4 Å². The standard InChI is InChI=1S/C21H28O2P/c1-22-20-12-7-17(8-13-20)6-9-19(16-24(3,4)5)18-10-14-21(23-2)15-11-18/h7-15H,6,16H2,1-5H3/q+1/b19-9+. The maximum atomic E-state index is 5.28. The lowest BCUT2D eigenvalue weighted by Crippen LogP contribution is -1.98. The van der Waals surface area contributed by atoms with E-state index >= 15 is 0 Å². The zero-order chi connectivity index (χ0) is 17.6. The molecule has 0 N–H and O–H groups in total. The molecule has 0 heterocycles. The van der Waals surface area contributed by atoms with Crippen molar-refractivity contribution in [1.82, 2.24) is 0 Å². The van der Waals surface area contributed by atoms with Gasteiger partial charge in [0.15, 0.2) is 0 Å². The first-order chi connectivity index (χ1) is 11.4. The second-order valence-electron chi connectivity index (χ2n) is 6.96. The van der Waals surface area contributed by atoms with Crippen molar-refractivity contribution in [2.45, 2.75) is 6.42 Å². The molecule has 2 rings (SSSR count). The molecule has 0 aromatic heterocycles. The Hall–Kier alpha value is -1.79. The fraction of sp³-hybridized carbons (Fsp3) is 0.333. The van der Waals surface area contributed by atoms with Gasteiger partial charge in [-0.1, -0.05) is 30.3 Å². The molecule has 2 aromatic rings. The summed E-state index contributed by atoms with van der Waals surface area (Å²) in [5.74, 6) is 1.80. The molecule has 0 aliphatic carbocycles. The highest BCUT2D eigenvalue weighted by molar-refractivity contribution is 7.74. The fourth-order valence-electron chi connectivity index (χ4n) is 2.59. The van der Waals surface area contributed by atoms with Crippen LogP contribution in [0.3, 0.4) is 0 Å². The summed E-state index contributed by atoms with van der Waals surface area (Å²) in [4.78, 5) is 0. The van der Waals surface area contributed by atoms with E-state index in [1.54, 1.807) is 14.2 Å². The van der Waals surface area contributed by atoms with Crippen LogP contribution in [0.2, 0.25) is 0 Å². The minimum atomic E-state index is -0.910. The molecule has 128 valence electrons. The molecule has 3 heteroatoms. The van der Waals surface area contributed by atoms with E-state index in [1.807, 2.05) is 24.3 Å². The summed E-state index contributed by atoms with van der Waals surface area (Å²) in [7, 11) is 2.49. The van der Waals surface area contributed by atoms with E-state index in [1.165, 1.54) is 16.7 Å². The van der Waals surface area contributed by atoms with E-state index in [0.29, 0.717) is 0 Å². The van der Waals surface area contributed by atoms with Gasteiger partial charge in [0.2, 0.25) is 0 Å². The van der Waals surface area contributed by atoms with Crippen LogP contribution in [0.5, 0.6) is 11.5 Å². The van der Waals surface area contributed by atoms with Crippen LogP contribution in [0.1, 0.15) is 11.1 Å². The number of hydrogen-bond donors (Lipinski definition) is 0. The zero-order valence-corrected chi connectivity index (χ0v) is 16.3. The quantitative estimate of drug-likeness (QED) is 0.640. The summed E-state index contributed by atoms with van der Waals surface area (Å²) in [5.41, 5.74) is 4.02. The predicted molar refractivity (Wildman–Crippen MR) is 107 cm³/mol. The molecule has 0 bridgehead atoms.